The minimum atomic E-state index is 0.117. The van der Waals surface area contributed by atoms with Crippen LogP contribution in [-0.2, 0) is 6.42 Å². The van der Waals surface area contributed by atoms with E-state index in [4.69, 9.17) is 4.74 Å². The molecule has 5 heteroatoms. The predicted octanol–water partition coefficient (Wildman–Crippen LogP) is 3.49. The fourth-order valence-electron chi connectivity index (χ4n) is 3.78. The molecule has 0 aliphatic carbocycles. The second-order valence-electron chi connectivity index (χ2n) is 7.38. The molecule has 5 nitrogen and oxygen atoms in total. The molecule has 4 rings (SSSR count). The number of ether oxygens (including phenoxy) is 1. The lowest BCUT2D eigenvalue weighted by molar-refractivity contribution is 0.0638. The third-order valence-corrected chi connectivity index (χ3v) is 5.51. The third kappa shape index (κ3) is 4.69. The number of nitrogens with zero attached hydrogens (tertiary/aromatic N) is 3. The molecular formula is C24H27N3O2. The van der Waals surface area contributed by atoms with E-state index in [0.717, 1.165) is 56.1 Å². The van der Waals surface area contributed by atoms with Crippen molar-refractivity contribution < 1.29 is 9.53 Å². The lowest BCUT2D eigenvalue weighted by Gasteiger charge is -2.34. The van der Waals surface area contributed by atoms with Crippen molar-refractivity contribution in [3.63, 3.8) is 0 Å². The summed E-state index contributed by atoms with van der Waals surface area (Å²) < 4.78 is 7.32. The zero-order valence-corrected chi connectivity index (χ0v) is 16.8. The van der Waals surface area contributed by atoms with Gasteiger partial charge in [0.05, 0.1) is 7.11 Å². The lowest BCUT2D eigenvalue weighted by Crippen LogP contribution is -2.49. The number of methoxy groups -OCH3 is 1. The molecular weight excluding hydrogens is 362 g/mol. The summed E-state index contributed by atoms with van der Waals surface area (Å²) in [7, 11) is 1.70. The summed E-state index contributed by atoms with van der Waals surface area (Å²) in [6.45, 7) is 4.35. The molecule has 0 radical (unpaired) electrons. The number of carbonyl (C=O) groups is 1. The molecule has 0 N–H and O–H groups in total. The largest absolute Gasteiger partial charge is 0.497 e. The summed E-state index contributed by atoms with van der Waals surface area (Å²) in [5.74, 6) is 1.02. The van der Waals surface area contributed by atoms with Crippen LogP contribution in [0.5, 0.6) is 5.75 Å². The maximum absolute atomic E-state index is 13.0. The predicted molar refractivity (Wildman–Crippen MR) is 115 cm³/mol. The van der Waals surface area contributed by atoms with Gasteiger partial charge in [0, 0.05) is 56.4 Å². The van der Waals surface area contributed by atoms with Crippen LogP contribution in [0.15, 0.2) is 73.1 Å². The number of hydrogen-bond donors (Lipinski definition) is 0. The van der Waals surface area contributed by atoms with Gasteiger partial charge in [-0.1, -0.05) is 18.2 Å². The summed E-state index contributed by atoms with van der Waals surface area (Å²) in [6.07, 6.45) is 4.97. The first-order chi connectivity index (χ1) is 14.2. The van der Waals surface area contributed by atoms with Gasteiger partial charge in [-0.3, -0.25) is 9.69 Å². The number of piperazine rings is 1. The van der Waals surface area contributed by atoms with E-state index in [9.17, 15) is 4.79 Å². The molecule has 29 heavy (non-hydrogen) atoms. The number of amides is 1. The van der Waals surface area contributed by atoms with E-state index in [1.54, 1.807) is 7.11 Å². The Morgan fingerprint density at radius 1 is 0.931 bits per heavy atom. The number of benzene rings is 2. The summed E-state index contributed by atoms with van der Waals surface area (Å²) in [4.78, 5) is 17.4. The minimum absolute atomic E-state index is 0.117. The number of hydrogen-bond acceptors (Lipinski definition) is 3. The Balaban J connectivity index is 1.31. The molecule has 0 saturated carbocycles. The van der Waals surface area contributed by atoms with E-state index in [-0.39, 0.29) is 5.91 Å². The normalized spacial score (nSPS) is 14.7. The number of carbonyl (C=O) groups excluding carboxylic acids is 1. The van der Waals surface area contributed by atoms with Gasteiger partial charge >= 0.3 is 0 Å². The molecule has 3 aromatic rings. The molecule has 0 atom stereocenters. The van der Waals surface area contributed by atoms with Gasteiger partial charge in [-0.2, -0.15) is 0 Å². The van der Waals surface area contributed by atoms with Crippen molar-refractivity contribution in [2.45, 2.75) is 6.42 Å². The Hall–Kier alpha value is -3.05. The highest BCUT2D eigenvalue weighted by molar-refractivity contribution is 5.94. The molecule has 0 spiro atoms. The van der Waals surface area contributed by atoms with Crippen LogP contribution in [0.3, 0.4) is 0 Å². The average Bonchev–Trinajstić information content (AvgIpc) is 3.33. The van der Waals surface area contributed by atoms with E-state index in [0.29, 0.717) is 0 Å². The van der Waals surface area contributed by atoms with E-state index in [2.05, 4.69) is 17.0 Å². The van der Waals surface area contributed by atoms with Gasteiger partial charge in [-0.05, 0) is 54.4 Å². The SMILES string of the molecule is COc1cccc(CCN2CCN(C(=O)c3cccc(-n4cccc4)c3)CC2)c1. The molecule has 1 amide bonds. The highest BCUT2D eigenvalue weighted by Crippen LogP contribution is 2.16. The van der Waals surface area contributed by atoms with Crippen LogP contribution in [-0.4, -0.2) is 60.1 Å². The van der Waals surface area contributed by atoms with E-state index >= 15 is 0 Å². The first-order valence-electron chi connectivity index (χ1n) is 10.1. The van der Waals surface area contributed by atoms with Crippen LogP contribution in [0.2, 0.25) is 0 Å². The third-order valence-electron chi connectivity index (χ3n) is 5.51. The molecule has 0 unspecified atom stereocenters. The Morgan fingerprint density at radius 3 is 2.45 bits per heavy atom. The van der Waals surface area contributed by atoms with Crippen LogP contribution >= 0.6 is 0 Å². The lowest BCUT2D eigenvalue weighted by atomic mass is 10.1. The van der Waals surface area contributed by atoms with Crippen LogP contribution in [0, 0.1) is 0 Å². The highest BCUT2D eigenvalue weighted by Gasteiger charge is 2.22. The van der Waals surface area contributed by atoms with Gasteiger partial charge in [0.15, 0.2) is 0 Å². The van der Waals surface area contributed by atoms with Crippen molar-refractivity contribution in [1.29, 1.82) is 0 Å². The number of rotatable bonds is 6. The topological polar surface area (TPSA) is 37.7 Å². The molecule has 0 bridgehead atoms. The van der Waals surface area contributed by atoms with E-state index < -0.39 is 0 Å². The number of aromatic nitrogens is 1. The van der Waals surface area contributed by atoms with Crippen LogP contribution in [0.25, 0.3) is 5.69 Å². The maximum atomic E-state index is 13.0. The van der Waals surface area contributed by atoms with E-state index in [1.165, 1.54) is 5.56 Å². The van der Waals surface area contributed by atoms with Gasteiger partial charge in [0.1, 0.15) is 5.75 Å². The van der Waals surface area contributed by atoms with Gasteiger partial charge in [0.2, 0.25) is 0 Å². The summed E-state index contributed by atoms with van der Waals surface area (Å²) >= 11 is 0. The summed E-state index contributed by atoms with van der Waals surface area (Å²) in [5.41, 5.74) is 3.04. The second-order valence-corrected chi connectivity index (χ2v) is 7.38. The van der Waals surface area contributed by atoms with Gasteiger partial charge in [0.25, 0.3) is 5.91 Å². The molecule has 150 valence electrons. The highest BCUT2D eigenvalue weighted by atomic mass is 16.5. The van der Waals surface area contributed by atoms with Crippen LogP contribution in [0.1, 0.15) is 15.9 Å². The fraction of sp³-hybridized carbons (Fsp3) is 0.292. The first-order valence-corrected chi connectivity index (χ1v) is 10.1. The zero-order valence-electron chi connectivity index (χ0n) is 16.8. The molecule has 1 saturated heterocycles. The van der Waals surface area contributed by atoms with Gasteiger partial charge < -0.3 is 14.2 Å². The monoisotopic (exact) mass is 389 g/mol. The van der Waals surface area contributed by atoms with Crippen molar-refractivity contribution >= 4 is 5.91 Å². The average molecular weight is 389 g/mol. The molecule has 1 aliphatic heterocycles. The Kier molecular flexibility index (Phi) is 5.96. The quantitative estimate of drug-likeness (QED) is 0.648. The smallest absolute Gasteiger partial charge is 0.254 e. The van der Waals surface area contributed by atoms with Gasteiger partial charge in [-0.25, -0.2) is 0 Å². The molecule has 2 aromatic carbocycles. The van der Waals surface area contributed by atoms with Crippen LogP contribution in [0.4, 0.5) is 0 Å². The first kappa shape index (κ1) is 19.3. The summed E-state index contributed by atoms with van der Waals surface area (Å²) in [5, 5.41) is 0. The van der Waals surface area contributed by atoms with Crippen molar-refractivity contribution in [2.24, 2.45) is 0 Å². The Bertz CT molecular complexity index is 944. The van der Waals surface area contributed by atoms with Crippen molar-refractivity contribution in [3.05, 3.63) is 84.2 Å². The second kappa shape index (κ2) is 8.97. The molecule has 1 aromatic heterocycles. The van der Waals surface area contributed by atoms with Crippen LogP contribution < -0.4 is 4.74 Å². The fourth-order valence-corrected chi connectivity index (χ4v) is 3.78. The minimum Gasteiger partial charge on any atom is -0.497 e. The standard InChI is InChI=1S/C24H27N3O2/c1-29-23-9-4-6-20(18-23)10-13-25-14-16-27(17-15-25)24(28)21-7-5-8-22(19-21)26-11-2-3-12-26/h2-9,11-12,18-19H,10,13-17H2,1H3. The van der Waals surface area contributed by atoms with Crippen molar-refractivity contribution in [3.8, 4) is 11.4 Å². The summed E-state index contributed by atoms with van der Waals surface area (Å²) in [6, 6.07) is 20.1. The maximum Gasteiger partial charge on any atom is 0.254 e. The van der Waals surface area contributed by atoms with Gasteiger partial charge in [-0.15, -0.1) is 0 Å². The Morgan fingerprint density at radius 2 is 1.69 bits per heavy atom. The van der Waals surface area contributed by atoms with Crippen molar-refractivity contribution in [1.82, 2.24) is 14.4 Å². The molecule has 1 fully saturated rings. The Labute approximate surface area is 172 Å². The zero-order chi connectivity index (χ0) is 20.1. The molecule has 2 heterocycles. The van der Waals surface area contributed by atoms with E-state index in [1.807, 2.05) is 70.4 Å². The van der Waals surface area contributed by atoms with Crippen molar-refractivity contribution in [2.75, 3.05) is 39.8 Å². The molecule has 1 aliphatic rings.